The molecule has 2 aliphatic rings. The summed E-state index contributed by atoms with van der Waals surface area (Å²) in [6, 6.07) is 4.36. The first-order valence-electron chi connectivity index (χ1n) is 6.58. The Labute approximate surface area is 134 Å². The van der Waals surface area contributed by atoms with Gasteiger partial charge in [0.15, 0.2) is 5.96 Å². The van der Waals surface area contributed by atoms with E-state index in [4.69, 9.17) is 5.73 Å². The van der Waals surface area contributed by atoms with Crippen LogP contribution in [0.3, 0.4) is 0 Å². The fourth-order valence-corrected chi connectivity index (χ4v) is 2.41. The lowest BCUT2D eigenvalue weighted by Crippen LogP contribution is -2.36. The molecule has 2 unspecified atom stereocenters. The van der Waals surface area contributed by atoms with Gasteiger partial charge in [-0.3, -0.25) is 0 Å². The van der Waals surface area contributed by atoms with Crippen molar-refractivity contribution in [2.45, 2.75) is 37.3 Å². The van der Waals surface area contributed by atoms with Crippen LogP contribution < -0.4 is 5.73 Å². The Hall–Kier alpha value is -0.920. The minimum absolute atomic E-state index is 0. The van der Waals surface area contributed by atoms with E-state index < -0.39 is 11.6 Å². The molecule has 2 N–H and O–H groups in total. The van der Waals surface area contributed by atoms with Gasteiger partial charge < -0.3 is 10.6 Å². The zero-order valence-corrected chi connectivity index (χ0v) is 13.6. The summed E-state index contributed by atoms with van der Waals surface area (Å²) in [4.78, 5) is 6.33. The molecule has 6 heteroatoms. The molecule has 2 fully saturated rings. The smallest absolute Gasteiger partial charge is 0.191 e. The highest BCUT2D eigenvalue weighted by molar-refractivity contribution is 14.0. The first-order valence-corrected chi connectivity index (χ1v) is 6.58. The van der Waals surface area contributed by atoms with Crippen molar-refractivity contribution in [2.75, 3.05) is 7.05 Å². The van der Waals surface area contributed by atoms with Gasteiger partial charge in [-0.05, 0) is 31.4 Å². The van der Waals surface area contributed by atoms with Crippen LogP contribution in [0.25, 0.3) is 0 Å². The van der Waals surface area contributed by atoms with E-state index in [0.29, 0.717) is 18.4 Å². The van der Waals surface area contributed by atoms with E-state index in [9.17, 15) is 8.78 Å². The molecule has 2 saturated carbocycles. The molecule has 2 atom stereocenters. The Morgan fingerprint density at radius 2 is 1.90 bits per heavy atom. The van der Waals surface area contributed by atoms with E-state index in [1.807, 2.05) is 11.9 Å². The third kappa shape index (κ3) is 3.05. The molecule has 0 bridgehead atoms. The molecule has 0 saturated heterocycles. The van der Waals surface area contributed by atoms with Crippen LogP contribution in [0.5, 0.6) is 0 Å². The Bertz CT molecular complexity index is 511. The Kier molecular flexibility index (Phi) is 4.51. The van der Waals surface area contributed by atoms with E-state index in [2.05, 4.69) is 4.99 Å². The molecular weight excluding hydrogens is 375 g/mol. The van der Waals surface area contributed by atoms with Crippen molar-refractivity contribution in [1.29, 1.82) is 0 Å². The number of guanidine groups is 1. The van der Waals surface area contributed by atoms with Crippen molar-refractivity contribution in [3.63, 3.8) is 0 Å². The summed E-state index contributed by atoms with van der Waals surface area (Å²) >= 11 is 0. The second-order valence-electron chi connectivity index (χ2n) is 5.37. The van der Waals surface area contributed by atoms with Gasteiger partial charge in [0.05, 0.1) is 6.04 Å². The highest BCUT2D eigenvalue weighted by Crippen LogP contribution is 2.45. The number of aliphatic imine (C=N–C) groups is 1. The lowest BCUT2D eigenvalue weighted by Gasteiger charge is -2.16. The third-order valence-corrected chi connectivity index (χ3v) is 3.88. The first kappa shape index (κ1) is 15.5. The lowest BCUT2D eigenvalue weighted by molar-refractivity contribution is 0.486. The molecule has 2 aliphatic carbocycles. The molecule has 1 aromatic carbocycles. The molecule has 3 nitrogen and oxygen atoms in total. The van der Waals surface area contributed by atoms with Crippen molar-refractivity contribution in [3.8, 4) is 0 Å². The average Bonchev–Trinajstić information content (AvgIpc) is 3.22. The second kappa shape index (κ2) is 5.83. The van der Waals surface area contributed by atoms with Gasteiger partial charge in [-0.2, -0.15) is 0 Å². The van der Waals surface area contributed by atoms with Crippen molar-refractivity contribution < 1.29 is 8.78 Å². The highest BCUT2D eigenvalue weighted by atomic mass is 127. The molecule has 3 rings (SSSR count). The number of rotatable bonds is 3. The Balaban J connectivity index is 0.00000147. The zero-order valence-electron chi connectivity index (χ0n) is 11.2. The van der Waals surface area contributed by atoms with E-state index in [-0.39, 0.29) is 41.5 Å². The van der Waals surface area contributed by atoms with Gasteiger partial charge in [-0.25, -0.2) is 13.8 Å². The van der Waals surface area contributed by atoms with Crippen molar-refractivity contribution in [2.24, 2.45) is 10.7 Å². The van der Waals surface area contributed by atoms with Gasteiger partial charge >= 0.3 is 0 Å². The number of halogens is 3. The van der Waals surface area contributed by atoms with Gasteiger partial charge in [0.1, 0.15) is 11.6 Å². The predicted molar refractivity (Wildman–Crippen MR) is 85.3 cm³/mol. The van der Waals surface area contributed by atoms with Gasteiger partial charge in [-0.1, -0.05) is 6.07 Å². The van der Waals surface area contributed by atoms with E-state index in [1.165, 1.54) is 18.2 Å². The zero-order chi connectivity index (χ0) is 13.6. The van der Waals surface area contributed by atoms with E-state index in [0.717, 1.165) is 12.8 Å². The maximum Gasteiger partial charge on any atom is 0.191 e. The molecule has 0 aliphatic heterocycles. The Morgan fingerprint density at radius 3 is 2.45 bits per heavy atom. The van der Waals surface area contributed by atoms with Crippen LogP contribution >= 0.6 is 24.0 Å². The number of hydrogen-bond acceptors (Lipinski definition) is 1. The maximum atomic E-state index is 13.6. The minimum Gasteiger partial charge on any atom is -0.370 e. The van der Waals surface area contributed by atoms with Crippen LogP contribution in [0.1, 0.15) is 30.7 Å². The summed E-state index contributed by atoms with van der Waals surface area (Å²) in [7, 11) is 1.91. The fraction of sp³-hybridized carbons (Fsp3) is 0.500. The average molecular weight is 393 g/mol. The van der Waals surface area contributed by atoms with Gasteiger partial charge in [0, 0.05) is 24.6 Å². The third-order valence-electron chi connectivity index (χ3n) is 3.88. The summed E-state index contributed by atoms with van der Waals surface area (Å²) in [5, 5.41) is 0. The van der Waals surface area contributed by atoms with Crippen LogP contribution in [0.15, 0.2) is 23.2 Å². The largest absolute Gasteiger partial charge is 0.370 e. The van der Waals surface area contributed by atoms with Crippen molar-refractivity contribution in [1.82, 2.24) is 4.90 Å². The van der Waals surface area contributed by atoms with Gasteiger partial charge in [0.25, 0.3) is 0 Å². The predicted octanol–water partition coefficient (Wildman–Crippen LogP) is 2.85. The number of benzene rings is 1. The molecule has 0 heterocycles. The summed E-state index contributed by atoms with van der Waals surface area (Å²) in [5.74, 6) is -0.673. The molecule has 0 amide bonds. The standard InChI is InChI=1S/C14H17F2N3.HI/c1-19(8-5-6-8)14(17)18-12-7-9(12)13-10(15)3-2-4-11(13)16;/h2-4,8-9,12H,5-7H2,1H3,(H2,17,18);1H. The number of hydrogen-bond donors (Lipinski definition) is 1. The topological polar surface area (TPSA) is 41.6 Å². The quantitative estimate of drug-likeness (QED) is 0.488. The Morgan fingerprint density at radius 1 is 1.30 bits per heavy atom. The summed E-state index contributed by atoms with van der Waals surface area (Å²) in [5.41, 5.74) is 6.05. The van der Waals surface area contributed by atoms with Crippen LogP contribution in [0.2, 0.25) is 0 Å². The SMILES string of the molecule is CN(C(N)=NC1CC1c1c(F)cccc1F)C1CC1.I. The highest BCUT2D eigenvalue weighted by Gasteiger charge is 2.42. The summed E-state index contributed by atoms with van der Waals surface area (Å²) < 4.78 is 27.2. The van der Waals surface area contributed by atoms with Crippen LogP contribution in [-0.4, -0.2) is 30.0 Å². The first-order chi connectivity index (χ1) is 9.08. The number of nitrogens with two attached hydrogens (primary N) is 1. The normalized spacial score (nSPS) is 25.1. The van der Waals surface area contributed by atoms with Crippen molar-refractivity contribution >= 4 is 29.9 Å². The molecule has 1 aromatic rings. The van der Waals surface area contributed by atoms with Gasteiger partial charge in [-0.15, -0.1) is 24.0 Å². The molecule has 110 valence electrons. The van der Waals surface area contributed by atoms with E-state index >= 15 is 0 Å². The minimum atomic E-state index is -0.489. The fourth-order valence-electron chi connectivity index (χ4n) is 2.41. The molecule has 0 aromatic heterocycles. The maximum absolute atomic E-state index is 13.6. The lowest BCUT2D eigenvalue weighted by atomic mass is 10.1. The van der Waals surface area contributed by atoms with Crippen molar-refractivity contribution in [3.05, 3.63) is 35.4 Å². The monoisotopic (exact) mass is 393 g/mol. The molecule has 20 heavy (non-hydrogen) atoms. The van der Waals surface area contributed by atoms with Crippen LogP contribution in [0, 0.1) is 11.6 Å². The molecular formula is C14H18F2IN3. The van der Waals surface area contributed by atoms with E-state index in [1.54, 1.807) is 0 Å². The second-order valence-corrected chi connectivity index (χ2v) is 5.37. The number of nitrogens with zero attached hydrogens (tertiary/aromatic N) is 2. The van der Waals surface area contributed by atoms with Gasteiger partial charge in [0.2, 0.25) is 0 Å². The van der Waals surface area contributed by atoms with Crippen LogP contribution in [-0.2, 0) is 0 Å². The summed E-state index contributed by atoms with van der Waals surface area (Å²) in [6.07, 6.45) is 2.95. The van der Waals surface area contributed by atoms with Crippen LogP contribution in [0.4, 0.5) is 8.78 Å². The summed E-state index contributed by atoms with van der Waals surface area (Å²) in [6.45, 7) is 0. The molecule has 0 radical (unpaired) electrons. The molecule has 0 spiro atoms.